The molecule has 0 aromatic heterocycles. The first-order valence-electron chi connectivity index (χ1n) is 8.11. The zero-order valence-corrected chi connectivity index (χ0v) is 16.6. The van der Waals surface area contributed by atoms with Crippen LogP contribution in [0.3, 0.4) is 0 Å². The molecule has 0 unspecified atom stereocenters. The number of nitro groups is 1. The number of nitrogens with zero attached hydrogens (tertiary/aromatic N) is 1. The van der Waals surface area contributed by atoms with Crippen molar-refractivity contribution in [1.29, 1.82) is 0 Å². The molecule has 0 spiro atoms. The smallest absolute Gasteiger partial charge is 0.337 e. The molecule has 150 valence electrons. The maximum Gasteiger partial charge on any atom is 0.337 e. The topological polar surface area (TPSA) is 125 Å². The van der Waals surface area contributed by atoms with Crippen LogP contribution in [-0.4, -0.2) is 32.0 Å². The zero-order valence-electron chi connectivity index (χ0n) is 15.8. The Morgan fingerprint density at radius 3 is 2.21 bits per heavy atom. The van der Waals surface area contributed by atoms with Crippen LogP contribution in [0.25, 0.3) is 0 Å². The van der Waals surface area contributed by atoms with Gasteiger partial charge in [-0.1, -0.05) is 0 Å². The second-order valence-corrected chi connectivity index (χ2v) is 8.54. The molecule has 0 saturated heterocycles. The summed E-state index contributed by atoms with van der Waals surface area (Å²) in [4.78, 5) is 21.9. The number of nitrogens with one attached hydrogen (secondary N) is 1. The lowest BCUT2D eigenvalue weighted by Crippen LogP contribution is -2.40. The Morgan fingerprint density at radius 2 is 1.71 bits per heavy atom. The molecule has 1 N–H and O–H groups in total. The van der Waals surface area contributed by atoms with Gasteiger partial charge in [0.1, 0.15) is 5.75 Å². The number of methoxy groups -OCH3 is 1. The molecule has 0 amide bonds. The summed E-state index contributed by atoms with van der Waals surface area (Å²) in [6.45, 7) is 4.98. The summed E-state index contributed by atoms with van der Waals surface area (Å²) < 4.78 is 37.3. The van der Waals surface area contributed by atoms with Crippen molar-refractivity contribution in [2.24, 2.45) is 0 Å². The maximum atomic E-state index is 12.4. The van der Waals surface area contributed by atoms with Crippen molar-refractivity contribution >= 4 is 21.7 Å². The minimum Gasteiger partial charge on any atom is -0.465 e. The largest absolute Gasteiger partial charge is 0.465 e. The molecular formula is C18H20N2O7S. The van der Waals surface area contributed by atoms with Crippen LogP contribution in [0.5, 0.6) is 11.5 Å². The van der Waals surface area contributed by atoms with Crippen molar-refractivity contribution in [1.82, 2.24) is 4.72 Å². The van der Waals surface area contributed by atoms with E-state index in [4.69, 9.17) is 4.74 Å². The van der Waals surface area contributed by atoms with E-state index in [9.17, 15) is 23.3 Å². The highest BCUT2D eigenvalue weighted by Crippen LogP contribution is 2.33. The molecule has 28 heavy (non-hydrogen) atoms. The van der Waals surface area contributed by atoms with E-state index < -0.39 is 32.1 Å². The lowest BCUT2D eigenvalue weighted by Gasteiger charge is -2.20. The van der Waals surface area contributed by atoms with E-state index in [1.54, 1.807) is 20.8 Å². The average molecular weight is 408 g/mol. The molecular weight excluding hydrogens is 388 g/mol. The Morgan fingerprint density at radius 1 is 1.11 bits per heavy atom. The van der Waals surface area contributed by atoms with E-state index in [1.165, 1.54) is 43.5 Å². The lowest BCUT2D eigenvalue weighted by molar-refractivity contribution is -0.385. The fraction of sp³-hybridized carbons (Fsp3) is 0.278. The summed E-state index contributed by atoms with van der Waals surface area (Å²) in [5.41, 5.74) is -0.961. The van der Waals surface area contributed by atoms with Crippen LogP contribution in [-0.2, 0) is 14.8 Å². The third-order valence-corrected chi connectivity index (χ3v) is 5.14. The Hall–Kier alpha value is -2.98. The quantitative estimate of drug-likeness (QED) is 0.442. The molecule has 0 heterocycles. The fourth-order valence-corrected chi connectivity index (χ4v) is 3.70. The standard InChI is InChI=1S/C18H20N2O7S/c1-18(2,3)19-28(24,25)14-9-10-16(15(11-14)20(22)23)27-13-7-5-12(6-8-13)17(21)26-4/h5-11,19H,1-4H3. The Balaban J connectivity index is 2.36. The van der Waals surface area contributed by atoms with Gasteiger partial charge in [0.05, 0.1) is 22.5 Å². The first-order valence-corrected chi connectivity index (χ1v) is 9.60. The van der Waals surface area contributed by atoms with Gasteiger partial charge >= 0.3 is 11.7 Å². The minimum atomic E-state index is -3.94. The summed E-state index contributed by atoms with van der Waals surface area (Å²) in [5, 5.41) is 11.4. The van der Waals surface area contributed by atoms with Crippen LogP contribution < -0.4 is 9.46 Å². The summed E-state index contributed by atoms with van der Waals surface area (Å²) in [7, 11) is -2.69. The molecule has 0 aliphatic carbocycles. The lowest BCUT2D eigenvalue weighted by atomic mass is 10.1. The van der Waals surface area contributed by atoms with Crippen molar-refractivity contribution in [3.05, 3.63) is 58.1 Å². The second-order valence-electron chi connectivity index (χ2n) is 6.86. The molecule has 9 nitrogen and oxygen atoms in total. The van der Waals surface area contributed by atoms with Gasteiger partial charge in [-0.05, 0) is 57.2 Å². The van der Waals surface area contributed by atoms with Gasteiger partial charge in [0.15, 0.2) is 0 Å². The molecule has 0 atom stereocenters. The molecule has 2 rings (SSSR count). The third kappa shape index (κ3) is 5.27. The van der Waals surface area contributed by atoms with E-state index in [1.807, 2.05) is 0 Å². The van der Waals surface area contributed by atoms with E-state index >= 15 is 0 Å². The maximum absolute atomic E-state index is 12.4. The molecule has 0 saturated carbocycles. The van der Waals surface area contributed by atoms with Crippen LogP contribution in [0.2, 0.25) is 0 Å². The third-order valence-electron chi connectivity index (χ3n) is 3.38. The van der Waals surface area contributed by atoms with Gasteiger partial charge in [-0.2, -0.15) is 0 Å². The predicted octanol–water partition coefficient (Wildman–Crippen LogP) is 3.25. The number of carbonyl (C=O) groups excluding carboxylic acids is 1. The Labute approximate surface area is 162 Å². The first kappa shape index (κ1) is 21.3. The molecule has 0 radical (unpaired) electrons. The molecule has 2 aromatic carbocycles. The van der Waals surface area contributed by atoms with Gasteiger partial charge in [-0.3, -0.25) is 10.1 Å². The normalized spacial score (nSPS) is 11.7. The van der Waals surface area contributed by atoms with E-state index in [2.05, 4.69) is 9.46 Å². The van der Waals surface area contributed by atoms with Crippen molar-refractivity contribution < 1.29 is 27.6 Å². The van der Waals surface area contributed by atoms with Crippen LogP contribution in [0.1, 0.15) is 31.1 Å². The average Bonchev–Trinajstić information content (AvgIpc) is 2.59. The van der Waals surface area contributed by atoms with Crippen molar-refractivity contribution in [3.8, 4) is 11.5 Å². The highest BCUT2D eigenvalue weighted by Gasteiger charge is 2.26. The number of rotatable bonds is 6. The molecule has 0 bridgehead atoms. The number of hydrogen-bond donors (Lipinski definition) is 1. The molecule has 0 aliphatic heterocycles. The predicted molar refractivity (Wildman–Crippen MR) is 101 cm³/mol. The molecule has 0 aliphatic rings. The van der Waals surface area contributed by atoms with Gasteiger partial charge in [-0.25, -0.2) is 17.9 Å². The summed E-state index contributed by atoms with van der Waals surface area (Å²) in [5.74, 6) is -0.428. The van der Waals surface area contributed by atoms with E-state index in [-0.39, 0.29) is 16.4 Å². The van der Waals surface area contributed by atoms with Gasteiger partial charge in [0, 0.05) is 11.6 Å². The monoisotopic (exact) mass is 408 g/mol. The van der Waals surface area contributed by atoms with Gasteiger partial charge in [0.25, 0.3) is 0 Å². The number of nitro benzene ring substituents is 1. The number of hydrogen-bond acceptors (Lipinski definition) is 7. The summed E-state index contributed by atoms with van der Waals surface area (Å²) in [6.07, 6.45) is 0. The number of benzene rings is 2. The van der Waals surface area contributed by atoms with Crippen molar-refractivity contribution in [2.45, 2.75) is 31.2 Å². The molecule has 2 aromatic rings. The highest BCUT2D eigenvalue weighted by atomic mass is 32.2. The van der Waals surface area contributed by atoms with Crippen LogP contribution in [0, 0.1) is 10.1 Å². The number of ether oxygens (including phenoxy) is 2. The van der Waals surface area contributed by atoms with Crippen molar-refractivity contribution in [3.63, 3.8) is 0 Å². The SMILES string of the molecule is COC(=O)c1ccc(Oc2ccc(S(=O)(=O)NC(C)(C)C)cc2[N+](=O)[O-])cc1. The number of carbonyl (C=O) groups is 1. The fourth-order valence-electron chi connectivity index (χ4n) is 2.26. The zero-order chi connectivity index (χ0) is 21.1. The minimum absolute atomic E-state index is 0.134. The molecule has 0 fully saturated rings. The Kier molecular flexibility index (Phi) is 6.05. The summed E-state index contributed by atoms with van der Waals surface area (Å²) in [6, 6.07) is 9.15. The number of esters is 1. The number of sulfonamides is 1. The molecule has 10 heteroatoms. The Bertz CT molecular complexity index is 994. The van der Waals surface area contributed by atoms with Gasteiger partial charge in [-0.15, -0.1) is 0 Å². The van der Waals surface area contributed by atoms with Gasteiger partial charge < -0.3 is 9.47 Å². The van der Waals surface area contributed by atoms with Crippen LogP contribution >= 0.6 is 0 Å². The van der Waals surface area contributed by atoms with E-state index in [0.29, 0.717) is 5.56 Å². The van der Waals surface area contributed by atoms with E-state index in [0.717, 1.165) is 6.07 Å². The van der Waals surface area contributed by atoms with Crippen molar-refractivity contribution in [2.75, 3.05) is 7.11 Å². The second kappa shape index (κ2) is 7.95. The first-order chi connectivity index (χ1) is 12.9. The van der Waals surface area contributed by atoms with Gasteiger partial charge in [0.2, 0.25) is 15.8 Å². The van der Waals surface area contributed by atoms with Crippen LogP contribution in [0.4, 0.5) is 5.69 Å². The summed E-state index contributed by atoms with van der Waals surface area (Å²) >= 11 is 0. The van der Waals surface area contributed by atoms with Crippen LogP contribution in [0.15, 0.2) is 47.4 Å². The highest BCUT2D eigenvalue weighted by molar-refractivity contribution is 7.89.